The van der Waals surface area contributed by atoms with Crippen molar-refractivity contribution in [3.05, 3.63) is 88.5 Å². The number of hydrogen-bond acceptors (Lipinski definition) is 5. The second-order valence-electron chi connectivity index (χ2n) is 10.3. The highest BCUT2D eigenvalue weighted by atomic mass is 16.5. The van der Waals surface area contributed by atoms with Gasteiger partial charge in [0.05, 0.1) is 11.2 Å². The molecule has 0 N–H and O–H groups in total. The van der Waals surface area contributed by atoms with E-state index in [9.17, 15) is 4.79 Å². The zero-order chi connectivity index (χ0) is 25.2. The van der Waals surface area contributed by atoms with Gasteiger partial charge in [-0.2, -0.15) is 0 Å². The van der Waals surface area contributed by atoms with Crippen LogP contribution in [0.5, 0.6) is 0 Å². The maximum atomic E-state index is 13.8. The monoisotopic (exact) mass is 497 g/mol. The number of imidazole rings is 1. The Morgan fingerprint density at radius 2 is 1.68 bits per heavy atom. The summed E-state index contributed by atoms with van der Waals surface area (Å²) in [5.41, 5.74) is 6.31. The van der Waals surface area contributed by atoms with Crippen molar-refractivity contribution in [1.29, 1.82) is 0 Å². The van der Waals surface area contributed by atoms with E-state index in [4.69, 9.17) is 4.74 Å². The highest BCUT2D eigenvalue weighted by Gasteiger charge is 2.20. The molecule has 2 aliphatic heterocycles. The molecule has 0 aliphatic carbocycles. The van der Waals surface area contributed by atoms with Crippen molar-refractivity contribution >= 4 is 16.9 Å². The second kappa shape index (κ2) is 10.5. The van der Waals surface area contributed by atoms with E-state index in [1.54, 1.807) is 6.20 Å². The number of benzene rings is 2. The number of rotatable bonds is 6. The van der Waals surface area contributed by atoms with E-state index >= 15 is 0 Å². The zero-order valence-electron chi connectivity index (χ0n) is 21.6. The van der Waals surface area contributed by atoms with Gasteiger partial charge in [0.25, 0.3) is 0 Å². The third kappa shape index (κ3) is 4.81. The summed E-state index contributed by atoms with van der Waals surface area (Å²) in [4.78, 5) is 23.2. The summed E-state index contributed by atoms with van der Waals surface area (Å²) in [6.45, 7) is 6.42. The third-order valence-electron chi connectivity index (χ3n) is 7.97. The SMILES string of the molecule is CN1CCN(c2ccccc2CCn2c(=O)n(-c3ccc(C4CCOCC4)cc3)c3cccnc32)CC1. The lowest BCUT2D eigenvalue weighted by atomic mass is 9.92. The molecule has 0 unspecified atom stereocenters. The molecule has 0 radical (unpaired) electrons. The van der Waals surface area contributed by atoms with Gasteiger partial charge in [-0.3, -0.25) is 9.13 Å². The standard InChI is InChI=1S/C30H35N5O2/c1-32-17-19-33(20-18-32)27-6-3-2-5-25(27)12-16-34-29-28(7-4-15-31-29)35(30(34)36)26-10-8-23(9-11-26)24-13-21-37-22-14-24/h2-11,15,24H,12-14,16-22H2,1H3. The number of pyridine rings is 1. The Morgan fingerprint density at radius 1 is 0.919 bits per heavy atom. The zero-order valence-corrected chi connectivity index (χ0v) is 21.6. The number of para-hydroxylation sites is 1. The van der Waals surface area contributed by atoms with Crippen LogP contribution < -0.4 is 10.6 Å². The summed E-state index contributed by atoms with van der Waals surface area (Å²) < 4.78 is 9.17. The number of ether oxygens (including phenoxy) is 1. The lowest BCUT2D eigenvalue weighted by Gasteiger charge is -2.35. The molecule has 2 aromatic carbocycles. The lowest BCUT2D eigenvalue weighted by molar-refractivity contribution is 0.0853. The van der Waals surface area contributed by atoms with Crippen LogP contribution in [0.4, 0.5) is 5.69 Å². The molecule has 4 heterocycles. The van der Waals surface area contributed by atoms with E-state index in [1.807, 2.05) is 21.3 Å². The number of fused-ring (bicyclic) bond motifs is 1. The average Bonchev–Trinajstić information content (AvgIpc) is 3.24. The van der Waals surface area contributed by atoms with Crippen molar-refractivity contribution < 1.29 is 4.74 Å². The molecule has 4 aromatic rings. The fourth-order valence-electron chi connectivity index (χ4n) is 5.77. The number of nitrogens with zero attached hydrogens (tertiary/aromatic N) is 5. The predicted molar refractivity (Wildman–Crippen MR) is 148 cm³/mol. The van der Waals surface area contributed by atoms with Crippen molar-refractivity contribution in [3.63, 3.8) is 0 Å². The van der Waals surface area contributed by atoms with Crippen LogP contribution in [0.25, 0.3) is 16.9 Å². The van der Waals surface area contributed by atoms with Gasteiger partial charge in [0, 0.05) is 57.8 Å². The molecule has 2 fully saturated rings. The first-order valence-electron chi connectivity index (χ1n) is 13.4. The van der Waals surface area contributed by atoms with Crippen LogP contribution in [0.1, 0.15) is 29.9 Å². The molecule has 0 bridgehead atoms. The van der Waals surface area contributed by atoms with E-state index in [0.717, 1.165) is 75.5 Å². The second-order valence-corrected chi connectivity index (χ2v) is 10.3. The average molecular weight is 498 g/mol. The summed E-state index contributed by atoms with van der Waals surface area (Å²) >= 11 is 0. The van der Waals surface area contributed by atoms with Gasteiger partial charge in [-0.15, -0.1) is 0 Å². The minimum atomic E-state index is -0.0374. The van der Waals surface area contributed by atoms with Crippen LogP contribution in [0.3, 0.4) is 0 Å². The lowest BCUT2D eigenvalue weighted by Crippen LogP contribution is -2.44. The van der Waals surface area contributed by atoms with Gasteiger partial charge in [-0.1, -0.05) is 30.3 Å². The molecule has 192 valence electrons. The fourth-order valence-corrected chi connectivity index (χ4v) is 5.77. The Bertz CT molecular complexity index is 1410. The van der Waals surface area contributed by atoms with E-state index < -0.39 is 0 Å². The van der Waals surface area contributed by atoms with Crippen molar-refractivity contribution in [3.8, 4) is 5.69 Å². The minimum absolute atomic E-state index is 0.0374. The highest BCUT2D eigenvalue weighted by Crippen LogP contribution is 2.28. The molecule has 37 heavy (non-hydrogen) atoms. The topological polar surface area (TPSA) is 55.5 Å². The Morgan fingerprint density at radius 3 is 2.46 bits per heavy atom. The van der Waals surface area contributed by atoms with E-state index in [0.29, 0.717) is 12.5 Å². The van der Waals surface area contributed by atoms with E-state index in [1.165, 1.54) is 16.8 Å². The molecule has 0 spiro atoms. The van der Waals surface area contributed by atoms with Crippen molar-refractivity contribution in [2.24, 2.45) is 0 Å². The molecule has 7 heteroatoms. The van der Waals surface area contributed by atoms with Crippen LogP contribution >= 0.6 is 0 Å². The maximum absolute atomic E-state index is 13.8. The molecule has 6 rings (SSSR count). The molecule has 0 saturated carbocycles. The summed E-state index contributed by atoms with van der Waals surface area (Å²) in [7, 11) is 2.18. The Balaban J connectivity index is 1.29. The largest absolute Gasteiger partial charge is 0.381 e. The van der Waals surface area contributed by atoms with Gasteiger partial charge in [0.1, 0.15) is 0 Å². The first-order chi connectivity index (χ1) is 18.2. The number of piperazine rings is 1. The Labute approximate surface area is 217 Å². The van der Waals surface area contributed by atoms with Crippen LogP contribution in [0, 0.1) is 0 Å². The van der Waals surface area contributed by atoms with Gasteiger partial charge in [0.2, 0.25) is 0 Å². The molecule has 2 aliphatic rings. The predicted octanol–water partition coefficient (Wildman–Crippen LogP) is 4.08. The molecule has 0 atom stereocenters. The summed E-state index contributed by atoms with van der Waals surface area (Å²) in [6.07, 6.45) is 4.66. The van der Waals surface area contributed by atoms with E-state index in [-0.39, 0.29) is 5.69 Å². The fraction of sp³-hybridized carbons (Fsp3) is 0.400. The quantitative estimate of drug-likeness (QED) is 0.402. The third-order valence-corrected chi connectivity index (χ3v) is 7.97. The first-order valence-corrected chi connectivity index (χ1v) is 13.4. The van der Waals surface area contributed by atoms with Gasteiger partial charge in [-0.05, 0) is 73.7 Å². The summed E-state index contributed by atoms with van der Waals surface area (Å²) in [5, 5.41) is 0. The van der Waals surface area contributed by atoms with Crippen LogP contribution in [0.15, 0.2) is 71.7 Å². The van der Waals surface area contributed by atoms with Gasteiger partial charge in [0.15, 0.2) is 5.65 Å². The number of hydrogen-bond donors (Lipinski definition) is 0. The highest BCUT2D eigenvalue weighted by molar-refractivity contribution is 5.74. The minimum Gasteiger partial charge on any atom is -0.381 e. The number of aryl methyl sites for hydroxylation is 2. The molecule has 2 saturated heterocycles. The number of aromatic nitrogens is 3. The van der Waals surface area contributed by atoms with Crippen LogP contribution in [0.2, 0.25) is 0 Å². The van der Waals surface area contributed by atoms with Crippen LogP contribution in [-0.4, -0.2) is 65.5 Å². The van der Waals surface area contributed by atoms with Gasteiger partial charge >= 0.3 is 5.69 Å². The Hall–Kier alpha value is -3.42. The number of anilines is 1. The molecule has 0 amide bonds. The van der Waals surface area contributed by atoms with E-state index in [2.05, 4.69) is 70.4 Å². The normalized spacial score (nSPS) is 17.5. The smallest absolute Gasteiger partial charge is 0.334 e. The van der Waals surface area contributed by atoms with Crippen molar-refractivity contribution in [1.82, 2.24) is 19.0 Å². The van der Waals surface area contributed by atoms with Crippen LogP contribution in [-0.2, 0) is 17.7 Å². The summed E-state index contributed by atoms with van der Waals surface area (Å²) in [5.74, 6) is 0.530. The summed E-state index contributed by atoms with van der Waals surface area (Å²) in [6, 6.07) is 21.0. The van der Waals surface area contributed by atoms with Gasteiger partial charge < -0.3 is 14.5 Å². The van der Waals surface area contributed by atoms with Crippen molar-refractivity contribution in [2.45, 2.75) is 31.7 Å². The number of likely N-dealkylation sites (N-methyl/N-ethyl adjacent to an activating group) is 1. The van der Waals surface area contributed by atoms with Gasteiger partial charge in [-0.25, -0.2) is 9.78 Å². The van der Waals surface area contributed by atoms with Crippen molar-refractivity contribution in [2.75, 3.05) is 51.3 Å². The maximum Gasteiger partial charge on any atom is 0.334 e. The molecular weight excluding hydrogens is 462 g/mol. The Kier molecular flexibility index (Phi) is 6.81. The molecule has 7 nitrogen and oxygen atoms in total. The first kappa shape index (κ1) is 23.9. The molecular formula is C30H35N5O2. The molecule has 2 aromatic heterocycles.